The van der Waals surface area contributed by atoms with Crippen LogP contribution in [0, 0.1) is 0 Å². The van der Waals surface area contributed by atoms with Crippen molar-refractivity contribution in [1.29, 1.82) is 0 Å². The van der Waals surface area contributed by atoms with Gasteiger partial charge < -0.3 is 0 Å². The largest absolute Gasteiger partial charge is 0.249 e. The van der Waals surface area contributed by atoms with Crippen molar-refractivity contribution in [2.45, 2.75) is 19.6 Å². The van der Waals surface area contributed by atoms with Crippen molar-refractivity contribution in [3.63, 3.8) is 0 Å². The van der Waals surface area contributed by atoms with Gasteiger partial charge in [-0.1, -0.05) is 44.0 Å². The van der Waals surface area contributed by atoms with Crippen molar-refractivity contribution in [3.05, 3.63) is 93.9 Å². The second kappa shape index (κ2) is 8.41. The number of hydrogen-bond donors (Lipinski definition) is 0. The summed E-state index contributed by atoms with van der Waals surface area (Å²) in [5.74, 6) is 0. The van der Waals surface area contributed by atoms with Crippen LogP contribution in [0.3, 0.4) is 0 Å². The standard InChI is InChI=1S/C22H14Br2O2S2/c23-17-3-9-19(10-4-17)27(25)21-7-1-15-13-22(8-2-16(15)14-21)28(26)20-11-5-18(24)6-12-20/h1-14H. The topological polar surface area (TPSA) is 34.1 Å². The Kier molecular flexibility index (Phi) is 5.92. The van der Waals surface area contributed by atoms with Gasteiger partial charge in [0.05, 0.1) is 21.6 Å². The number of benzene rings is 4. The Morgan fingerprint density at radius 2 is 0.786 bits per heavy atom. The maximum Gasteiger partial charge on any atom is 0.0849 e. The van der Waals surface area contributed by atoms with Crippen LogP contribution in [0.2, 0.25) is 0 Å². The van der Waals surface area contributed by atoms with Gasteiger partial charge in [-0.2, -0.15) is 0 Å². The molecule has 0 aliphatic carbocycles. The average Bonchev–Trinajstić information content (AvgIpc) is 2.73. The van der Waals surface area contributed by atoms with E-state index in [9.17, 15) is 8.42 Å². The molecule has 0 spiro atoms. The zero-order valence-electron chi connectivity index (χ0n) is 14.5. The third-order valence-electron chi connectivity index (χ3n) is 4.27. The zero-order chi connectivity index (χ0) is 19.7. The maximum absolute atomic E-state index is 12.8. The van der Waals surface area contributed by atoms with Gasteiger partial charge in [0.25, 0.3) is 0 Å². The lowest BCUT2D eigenvalue weighted by molar-refractivity contribution is 0.682. The van der Waals surface area contributed by atoms with Crippen LogP contribution in [0.5, 0.6) is 0 Å². The highest BCUT2D eigenvalue weighted by Gasteiger charge is 2.11. The Morgan fingerprint density at radius 1 is 0.464 bits per heavy atom. The van der Waals surface area contributed by atoms with E-state index in [1.165, 1.54) is 0 Å². The first kappa shape index (κ1) is 19.7. The predicted molar refractivity (Wildman–Crippen MR) is 122 cm³/mol. The van der Waals surface area contributed by atoms with Crippen LogP contribution in [0.25, 0.3) is 10.8 Å². The van der Waals surface area contributed by atoms with Crippen molar-refractivity contribution in [1.82, 2.24) is 0 Å². The molecule has 4 aromatic carbocycles. The second-order valence-corrected chi connectivity index (χ2v) is 10.9. The number of hydrogen-bond acceptors (Lipinski definition) is 2. The van der Waals surface area contributed by atoms with Crippen LogP contribution < -0.4 is 0 Å². The molecule has 0 N–H and O–H groups in total. The van der Waals surface area contributed by atoms with Crippen LogP contribution in [0.15, 0.2) is 113 Å². The molecule has 0 heterocycles. The summed E-state index contributed by atoms with van der Waals surface area (Å²) in [4.78, 5) is 3.01. The highest BCUT2D eigenvalue weighted by molar-refractivity contribution is 9.10. The first-order valence-corrected chi connectivity index (χ1v) is 12.3. The maximum atomic E-state index is 12.8. The lowest BCUT2D eigenvalue weighted by atomic mass is 10.1. The Morgan fingerprint density at radius 3 is 1.14 bits per heavy atom. The third-order valence-corrected chi connectivity index (χ3v) is 8.09. The molecular formula is C22H14Br2O2S2. The van der Waals surface area contributed by atoms with Crippen molar-refractivity contribution < 1.29 is 8.42 Å². The lowest BCUT2D eigenvalue weighted by Crippen LogP contribution is -1.94. The SMILES string of the molecule is O=S(c1ccc(Br)cc1)c1ccc2cc(S(=O)c3ccc(Br)cc3)ccc2c1. The summed E-state index contributed by atoms with van der Waals surface area (Å²) < 4.78 is 27.6. The van der Waals surface area contributed by atoms with Gasteiger partial charge in [-0.15, -0.1) is 0 Å². The van der Waals surface area contributed by atoms with E-state index in [2.05, 4.69) is 31.9 Å². The molecule has 4 aromatic rings. The zero-order valence-corrected chi connectivity index (χ0v) is 19.3. The third kappa shape index (κ3) is 4.20. The number of halogens is 2. The number of rotatable bonds is 4. The van der Waals surface area contributed by atoms with Crippen molar-refractivity contribution >= 4 is 64.2 Å². The second-order valence-electron chi connectivity index (χ2n) is 6.12. The summed E-state index contributed by atoms with van der Waals surface area (Å²) in [6.45, 7) is 0. The fourth-order valence-corrected chi connectivity index (χ4v) is 5.51. The molecule has 0 radical (unpaired) electrons. The highest BCUT2D eigenvalue weighted by Crippen LogP contribution is 2.26. The van der Waals surface area contributed by atoms with Gasteiger partial charge in [0.2, 0.25) is 0 Å². The summed E-state index contributed by atoms with van der Waals surface area (Å²) in [5.41, 5.74) is 0. The van der Waals surface area contributed by atoms with Crippen LogP contribution in [0.4, 0.5) is 0 Å². The fraction of sp³-hybridized carbons (Fsp3) is 0. The smallest absolute Gasteiger partial charge is 0.0849 e. The summed E-state index contributed by atoms with van der Waals surface area (Å²) in [6.07, 6.45) is 0. The lowest BCUT2D eigenvalue weighted by Gasteiger charge is -2.07. The molecule has 0 saturated carbocycles. The monoisotopic (exact) mass is 532 g/mol. The van der Waals surface area contributed by atoms with Gasteiger partial charge in [0.1, 0.15) is 0 Å². The highest BCUT2D eigenvalue weighted by atomic mass is 79.9. The van der Waals surface area contributed by atoms with E-state index in [-0.39, 0.29) is 0 Å². The summed E-state index contributed by atoms with van der Waals surface area (Å²) >= 11 is 6.79. The molecule has 6 heteroatoms. The molecule has 0 saturated heterocycles. The van der Waals surface area contributed by atoms with Gasteiger partial charge in [0.15, 0.2) is 0 Å². The number of fused-ring (bicyclic) bond motifs is 1. The van der Waals surface area contributed by atoms with Crippen LogP contribution in [0.1, 0.15) is 0 Å². The quantitative estimate of drug-likeness (QED) is 0.292. The molecule has 0 aromatic heterocycles. The van der Waals surface area contributed by atoms with Crippen molar-refractivity contribution in [2.75, 3.05) is 0 Å². The van der Waals surface area contributed by atoms with Crippen LogP contribution >= 0.6 is 31.9 Å². The molecule has 2 atom stereocenters. The normalized spacial score (nSPS) is 13.4. The van der Waals surface area contributed by atoms with Gasteiger partial charge in [-0.05, 0) is 83.6 Å². The Hall–Kier alpha value is -1.60. The van der Waals surface area contributed by atoms with E-state index in [0.29, 0.717) is 0 Å². The Labute approximate surface area is 185 Å². The van der Waals surface area contributed by atoms with E-state index < -0.39 is 21.6 Å². The first-order valence-electron chi connectivity index (χ1n) is 8.40. The molecule has 0 aliphatic rings. The Bertz CT molecular complexity index is 1110. The molecular weight excluding hydrogens is 520 g/mol. The molecule has 0 bridgehead atoms. The Balaban J connectivity index is 1.65. The van der Waals surface area contributed by atoms with Crippen LogP contribution in [-0.4, -0.2) is 8.42 Å². The fourth-order valence-electron chi connectivity index (χ4n) is 2.82. The predicted octanol–water partition coefficient (Wildman–Crippen LogP) is 6.70. The molecule has 4 rings (SSSR count). The molecule has 0 aliphatic heterocycles. The summed E-state index contributed by atoms with van der Waals surface area (Å²) in [7, 11) is -2.48. The molecule has 2 unspecified atom stereocenters. The molecule has 28 heavy (non-hydrogen) atoms. The molecule has 2 nitrogen and oxygen atoms in total. The minimum atomic E-state index is -1.24. The van der Waals surface area contributed by atoms with E-state index in [1.807, 2.05) is 84.9 Å². The van der Waals surface area contributed by atoms with Crippen molar-refractivity contribution in [3.8, 4) is 0 Å². The summed E-state index contributed by atoms with van der Waals surface area (Å²) in [6, 6.07) is 26.4. The van der Waals surface area contributed by atoms with Gasteiger partial charge in [-0.3, -0.25) is 0 Å². The molecule has 140 valence electrons. The van der Waals surface area contributed by atoms with E-state index in [4.69, 9.17) is 0 Å². The van der Waals surface area contributed by atoms with Gasteiger partial charge in [0, 0.05) is 28.5 Å². The molecule has 0 amide bonds. The van der Waals surface area contributed by atoms with Gasteiger partial charge >= 0.3 is 0 Å². The summed E-state index contributed by atoms with van der Waals surface area (Å²) in [5, 5.41) is 1.94. The van der Waals surface area contributed by atoms with E-state index >= 15 is 0 Å². The minimum Gasteiger partial charge on any atom is -0.249 e. The average molecular weight is 534 g/mol. The van der Waals surface area contributed by atoms with Crippen LogP contribution in [-0.2, 0) is 21.6 Å². The van der Waals surface area contributed by atoms with E-state index in [0.717, 1.165) is 39.3 Å². The molecule has 0 fully saturated rings. The van der Waals surface area contributed by atoms with Crippen molar-refractivity contribution in [2.24, 2.45) is 0 Å². The van der Waals surface area contributed by atoms with Gasteiger partial charge in [-0.25, -0.2) is 8.42 Å². The van der Waals surface area contributed by atoms with E-state index in [1.54, 1.807) is 0 Å². The first-order chi connectivity index (χ1) is 13.5. The minimum absolute atomic E-state index is 0.747.